The highest BCUT2D eigenvalue weighted by Crippen LogP contribution is 2.19. The third kappa shape index (κ3) is 5.94. The summed E-state index contributed by atoms with van der Waals surface area (Å²) in [5, 5.41) is 14.6. The van der Waals surface area contributed by atoms with Crippen LogP contribution >= 0.6 is 0 Å². The standard InChI is InChI=1S/C14H28N2O3/c1-6-14(7-2,8-3)16-13(19)15-11(10(4)5)9-12(17)18/h10-11H,6-9H2,1-5H3,(H,17,18)(H2,15,16,19). The van der Waals surface area contributed by atoms with E-state index in [1.54, 1.807) is 0 Å². The summed E-state index contributed by atoms with van der Waals surface area (Å²) < 4.78 is 0. The number of carbonyl (C=O) groups is 2. The van der Waals surface area contributed by atoms with Gasteiger partial charge in [0.2, 0.25) is 0 Å². The highest BCUT2D eigenvalue weighted by atomic mass is 16.4. The fourth-order valence-electron chi connectivity index (χ4n) is 2.10. The van der Waals surface area contributed by atoms with Gasteiger partial charge in [-0.05, 0) is 25.2 Å². The molecule has 0 radical (unpaired) electrons. The summed E-state index contributed by atoms with van der Waals surface area (Å²) >= 11 is 0. The number of hydrogen-bond donors (Lipinski definition) is 3. The van der Waals surface area contributed by atoms with Crippen molar-refractivity contribution in [1.29, 1.82) is 0 Å². The summed E-state index contributed by atoms with van der Waals surface area (Å²) in [5.74, 6) is -0.812. The predicted octanol–water partition coefficient (Wildman–Crippen LogP) is 2.75. The Labute approximate surface area is 116 Å². The molecule has 0 spiro atoms. The van der Waals surface area contributed by atoms with Crippen molar-refractivity contribution in [2.24, 2.45) is 5.92 Å². The number of rotatable bonds is 8. The summed E-state index contributed by atoms with van der Waals surface area (Å²) in [5.41, 5.74) is -0.200. The summed E-state index contributed by atoms with van der Waals surface area (Å²) in [6, 6.07) is -0.619. The molecule has 0 aromatic heterocycles. The molecule has 0 aromatic carbocycles. The molecule has 0 rings (SSSR count). The van der Waals surface area contributed by atoms with Gasteiger partial charge in [0.15, 0.2) is 0 Å². The molecule has 1 atom stereocenters. The van der Waals surface area contributed by atoms with E-state index in [2.05, 4.69) is 10.6 Å². The van der Waals surface area contributed by atoms with Gasteiger partial charge in [-0.1, -0.05) is 34.6 Å². The molecule has 5 heteroatoms. The number of carboxylic acid groups (broad SMARTS) is 1. The van der Waals surface area contributed by atoms with Crippen LogP contribution in [0.3, 0.4) is 0 Å². The first-order chi connectivity index (χ1) is 8.80. The molecule has 0 fully saturated rings. The summed E-state index contributed by atoms with van der Waals surface area (Å²) in [6.45, 7) is 9.95. The fraction of sp³-hybridized carbons (Fsp3) is 0.857. The number of carboxylic acids is 1. The predicted molar refractivity (Wildman–Crippen MR) is 76.2 cm³/mol. The van der Waals surface area contributed by atoms with Crippen molar-refractivity contribution in [3.05, 3.63) is 0 Å². The third-order valence-electron chi connectivity index (χ3n) is 3.92. The molecule has 1 unspecified atom stereocenters. The molecule has 0 bridgehead atoms. The molecule has 0 saturated carbocycles. The Balaban J connectivity index is 4.60. The van der Waals surface area contributed by atoms with E-state index < -0.39 is 5.97 Å². The molecule has 0 aliphatic rings. The number of amides is 2. The van der Waals surface area contributed by atoms with Gasteiger partial charge in [-0.15, -0.1) is 0 Å². The zero-order valence-electron chi connectivity index (χ0n) is 12.7. The largest absolute Gasteiger partial charge is 0.481 e. The van der Waals surface area contributed by atoms with E-state index in [1.807, 2.05) is 34.6 Å². The maximum absolute atomic E-state index is 12.0. The number of aliphatic carboxylic acids is 1. The highest BCUT2D eigenvalue weighted by molar-refractivity contribution is 5.76. The summed E-state index contributed by atoms with van der Waals surface area (Å²) in [7, 11) is 0. The first-order valence-corrected chi connectivity index (χ1v) is 7.10. The van der Waals surface area contributed by atoms with Crippen molar-refractivity contribution < 1.29 is 14.7 Å². The minimum absolute atomic E-state index is 0.0531. The smallest absolute Gasteiger partial charge is 0.315 e. The van der Waals surface area contributed by atoms with Crippen LogP contribution in [0, 0.1) is 5.92 Å². The lowest BCUT2D eigenvalue weighted by Gasteiger charge is -2.33. The van der Waals surface area contributed by atoms with Crippen molar-refractivity contribution in [3.8, 4) is 0 Å². The third-order valence-corrected chi connectivity index (χ3v) is 3.92. The highest BCUT2D eigenvalue weighted by Gasteiger charge is 2.27. The molecule has 0 aromatic rings. The van der Waals surface area contributed by atoms with Crippen molar-refractivity contribution in [2.45, 2.75) is 71.9 Å². The van der Waals surface area contributed by atoms with E-state index in [9.17, 15) is 9.59 Å². The molecule has 0 heterocycles. The zero-order valence-corrected chi connectivity index (χ0v) is 12.7. The second kappa shape index (κ2) is 8.02. The minimum Gasteiger partial charge on any atom is -0.481 e. The van der Waals surface area contributed by atoms with Crippen LogP contribution in [0.25, 0.3) is 0 Å². The Morgan fingerprint density at radius 3 is 1.89 bits per heavy atom. The van der Waals surface area contributed by atoms with Crippen LogP contribution in [0.5, 0.6) is 0 Å². The Morgan fingerprint density at radius 2 is 1.58 bits per heavy atom. The monoisotopic (exact) mass is 272 g/mol. The maximum Gasteiger partial charge on any atom is 0.315 e. The summed E-state index contributed by atoms with van der Waals surface area (Å²) in [4.78, 5) is 22.8. The number of hydrogen-bond acceptors (Lipinski definition) is 2. The van der Waals surface area contributed by atoms with Crippen molar-refractivity contribution in [3.63, 3.8) is 0 Å². The van der Waals surface area contributed by atoms with Crippen LogP contribution in [0.2, 0.25) is 0 Å². The van der Waals surface area contributed by atoms with E-state index in [-0.39, 0.29) is 30.0 Å². The van der Waals surface area contributed by atoms with Crippen molar-refractivity contribution in [1.82, 2.24) is 10.6 Å². The molecule has 0 aliphatic heterocycles. The quantitative estimate of drug-likeness (QED) is 0.635. The van der Waals surface area contributed by atoms with Gasteiger partial charge < -0.3 is 15.7 Å². The van der Waals surface area contributed by atoms with E-state index in [0.29, 0.717) is 0 Å². The topological polar surface area (TPSA) is 78.4 Å². The molecule has 112 valence electrons. The van der Waals surface area contributed by atoms with Crippen LogP contribution in [0.1, 0.15) is 60.3 Å². The van der Waals surface area contributed by atoms with Crippen LogP contribution in [-0.4, -0.2) is 28.7 Å². The lowest BCUT2D eigenvalue weighted by Crippen LogP contribution is -2.54. The first-order valence-electron chi connectivity index (χ1n) is 7.10. The fourth-order valence-corrected chi connectivity index (χ4v) is 2.10. The molecule has 2 amide bonds. The molecule has 0 saturated heterocycles. The van der Waals surface area contributed by atoms with Gasteiger partial charge in [0.25, 0.3) is 0 Å². The Hall–Kier alpha value is -1.26. The van der Waals surface area contributed by atoms with Crippen LogP contribution in [0.4, 0.5) is 4.79 Å². The lowest BCUT2D eigenvalue weighted by atomic mass is 9.90. The zero-order chi connectivity index (χ0) is 15.1. The van der Waals surface area contributed by atoms with Crippen LogP contribution < -0.4 is 10.6 Å². The Morgan fingerprint density at radius 1 is 1.11 bits per heavy atom. The number of urea groups is 1. The molecule has 3 N–H and O–H groups in total. The Bertz CT molecular complexity index is 291. The first kappa shape index (κ1) is 17.7. The SMILES string of the molecule is CCC(CC)(CC)NC(=O)NC(CC(=O)O)C(C)C. The van der Waals surface area contributed by atoms with Gasteiger partial charge in [0.05, 0.1) is 6.42 Å². The second-order valence-electron chi connectivity index (χ2n) is 5.39. The van der Waals surface area contributed by atoms with Crippen LogP contribution in [-0.2, 0) is 4.79 Å². The maximum atomic E-state index is 12.0. The van der Waals surface area contributed by atoms with Gasteiger partial charge in [-0.3, -0.25) is 4.79 Å². The second-order valence-corrected chi connectivity index (χ2v) is 5.39. The van der Waals surface area contributed by atoms with E-state index >= 15 is 0 Å². The minimum atomic E-state index is -0.897. The Kier molecular flexibility index (Phi) is 7.49. The summed E-state index contributed by atoms with van der Waals surface area (Å²) in [6.07, 6.45) is 2.53. The molecular formula is C14H28N2O3. The molecular weight excluding hydrogens is 244 g/mol. The molecule has 5 nitrogen and oxygen atoms in total. The van der Waals surface area contributed by atoms with Crippen molar-refractivity contribution >= 4 is 12.0 Å². The van der Waals surface area contributed by atoms with E-state index in [4.69, 9.17) is 5.11 Å². The van der Waals surface area contributed by atoms with Gasteiger partial charge in [0, 0.05) is 11.6 Å². The number of nitrogens with one attached hydrogen (secondary N) is 2. The molecule has 0 aliphatic carbocycles. The van der Waals surface area contributed by atoms with Gasteiger partial charge >= 0.3 is 12.0 Å². The molecule has 19 heavy (non-hydrogen) atoms. The van der Waals surface area contributed by atoms with Gasteiger partial charge in [-0.25, -0.2) is 4.79 Å². The normalized spacial score (nSPS) is 13.2. The number of carbonyl (C=O) groups excluding carboxylic acids is 1. The van der Waals surface area contributed by atoms with Gasteiger partial charge in [0.1, 0.15) is 0 Å². The van der Waals surface area contributed by atoms with Crippen molar-refractivity contribution in [2.75, 3.05) is 0 Å². The van der Waals surface area contributed by atoms with Gasteiger partial charge in [-0.2, -0.15) is 0 Å². The van der Waals surface area contributed by atoms with Crippen LogP contribution in [0.15, 0.2) is 0 Å². The van der Waals surface area contributed by atoms with E-state index in [0.717, 1.165) is 19.3 Å². The average Bonchev–Trinajstić information content (AvgIpc) is 2.34. The van der Waals surface area contributed by atoms with E-state index in [1.165, 1.54) is 0 Å². The lowest BCUT2D eigenvalue weighted by molar-refractivity contribution is -0.137. The average molecular weight is 272 g/mol.